The van der Waals surface area contributed by atoms with E-state index in [1.54, 1.807) is 0 Å². The Kier molecular flexibility index (Phi) is 3.75. The zero-order chi connectivity index (χ0) is 12.3. The second kappa shape index (κ2) is 5.28. The number of hydrogen-bond donors (Lipinski definition) is 1. The van der Waals surface area contributed by atoms with Crippen LogP contribution in [0, 0.1) is 5.92 Å². The van der Waals surface area contributed by atoms with E-state index >= 15 is 0 Å². The van der Waals surface area contributed by atoms with Crippen LogP contribution < -0.4 is 0 Å². The molecule has 2 unspecified atom stereocenters. The van der Waals surface area contributed by atoms with Crippen molar-refractivity contribution in [1.29, 1.82) is 0 Å². The third-order valence-electron chi connectivity index (χ3n) is 3.33. The van der Waals surface area contributed by atoms with Gasteiger partial charge in [-0.1, -0.05) is 37.6 Å². The Morgan fingerprint density at radius 3 is 2.65 bits per heavy atom. The van der Waals surface area contributed by atoms with Crippen molar-refractivity contribution < 1.29 is 5.11 Å². The largest absolute Gasteiger partial charge is 0.393 e. The molecule has 0 fully saturated rings. The second-order valence-corrected chi connectivity index (χ2v) is 4.61. The SMILES string of the molecule is CCC(Cc1ccc2ccccc2n1)C(C)O. The molecule has 2 aromatic rings. The molecule has 1 aromatic heterocycles. The molecule has 1 N–H and O–H groups in total. The van der Waals surface area contributed by atoms with Gasteiger partial charge in [0.25, 0.3) is 0 Å². The van der Waals surface area contributed by atoms with Gasteiger partial charge in [0.1, 0.15) is 0 Å². The van der Waals surface area contributed by atoms with Gasteiger partial charge in [-0.05, 0) is 31.4 Å². The zero-order valence-electron chi connectivity index (χ0n) is 10.4. The number of fused-ring (bicyclic) bond motifs is 1. The smallest absolute Gasteiger partial charge is 0.0705 e. The van der Waals surface area contributed by atoms with Crippen LogP contribution in [0.5, 0.6) is 0 Å². The van der Waals surface area contributed by atoms with E-state index in [1.165, 1.54) is 5.39 Å². The highest BCUT2D eigenvalue weighted by atomic mass is 16.3. The molecule has 2 nitrogen and oxygen atoms in total. The van der Waals surface area contributed by atoms with E-state index in [2.05, 4.69) is 30.1 Å². The number of benzene rings is 1. The zero-order valence-corrected chi connectivity index (χ0v) is 10.4. The summed E-state index contributed by atoms with van der Waals surface area (Å²) in [6.45, 7) is 3.97. The normalized spacial score (nSPS) is 14.8. The molecule has 0 saturated carbocycles. The molecule has 2 rings (SSSR count). The minimum atomic E-state index is -0.270. The first-order chi connectivity index (χ1) is 8.20. The summed E-state index contributed by atoms with van der Waals surface area (Å²) in [5, 5.41) is 10.8. The Morgan fingerprint density at radius 2 is 1.94 bits per heavy atom. The van der Waals surface area contributed by atoms with Crippen molar-refractivity contribution in [2.45, 2.75) is 32.8 Å². The number of hydrogen-bond acceptors (Lipinski definition) is 2. The highest BCUT2D eigenvalue weighted by Gasteiger charge is 2.14. The van der Waals surface area contributed by atoms with Crippen molar-refractivity contribution in [3.05, 3.63) is 42.1 Å². The minimum absolute atomic E-state index is 0.270. The highest BCUT2D eigenvalue weighted by Crippen LogP contribution is 2.17. The lowest BCUT2D eigenvalue weighted by molar-refractivity contribution is 0.122. The van der Waals surface area contributed by atoms with Crippen molar-refractivity contribution in [2.24, 2.45) is 5.92 Å². The van der Waals surface area contributed by atoms with E-state index in [9.17, 15) is 5.11 Å². The maximum Gasteiger partial charge on any atom is 0.0705 e. The standard InChI is InChI=1S/C15H19NO/c1-3-12(11(2)17)10-14-9-8-13-6-4-5-7-15(13)16-14/h4-9,11-12,17H,3,10H2,1-2H3. The van der Waals surface area contributed by atoms with E-state index < -0.39 is 0 Å². The maximum absolute atomic E-state index is 9.66. The Balaban J connectivity index is 2.24. The van der Waals surface area contributed by atoms with E-state index in [0.29, 0.717) is 5.92 Å². The molecule has 0 saturated heterocycles. The monoisotopic (exact) mass is 229 g/mol. The molecule has 0 aliphatic carbocycles. The van der Waals surface area contributed by atoms with Crippen LogP contribution in [0.15, 0.2) is 36.4 Å². The average molecular weight is 229 g/mol. The van der Waals surface area contributed by atoms with Gasteiger partial charge >= 0.3 is 0 Å². The summed E-state index contributed by atoms with van der Waals surface area (Å²) in [7, 11) is 0. The van der Waals surface area contributed by atoms with Crippen molar-refractivity contribution in [3.63, 3.8) is 0 Å². The molecule has 1 aromatic carbocycles. The van der Waals surface area contributed by atoms with Gasteiger partial charge in [-0.15, -0.1) is 0 Å². The summed E-state index contributed by atoms with van der Waals surface area (Å²) in [6.07, 6.45) is 1.55. The van der Waals surface area contributed by atoms with Crippen LogP contribution >= 0.6 is 0 Å². The number of pyridine rings is 1. The predicted molar refractivity (Wildman–Crippen MR) is 70.9 cm³/mol. The van der Waals surface area contributed by atoms with Gasteiger partial charge in [0.05, 0.1) is 11.6 Å². The molecule has 0 aliphatic rings. The summed E-state index contributed by atoms with van der Waals surface area (Å²) in [5.41, 5.74) is 2.10. The van der Waals surface area contributed by atoms with E-state index in [0.717, 1.165) is 24.1 Å². The third-order valence-corrected chi connectivity index (χ3v) is 3.33. The van der Waals surface area contributed by atoms with Crippen molar-refractivity contribution in [2.75, 3.05) is 0 Å². The number of aliphatic hydroxyl groups excluding tert-OH is 1. The summed E-state index contributed by atoms with van der Waals surface area (Å²) < 4.78 is 0. The molecule has 1 heterocycles. The molecule has 0 amide bonds. The number of aromatic nitrogens is 1. The number of rotatable bonds is 4. The fourth-order valence-electron chi connectivity index (χ4n) is 2.15. The number of nitrogens with zero attached hydrogens (tertiary/aromatic N) is 1. The molecular formula is C15H19NO. The lowest BCUT2D eigenvalue weighted by atomic mass is 9.94. The van der Waals surface area contributed by atoms with Gasteiger partial charge < -0.3 is 5.11 Å². The minimum Gasteiger partial charge on any atom is -0.393 e. The third kappa shape index (κ3) is 2.83. The predicted octanol–water partition coefficient (Wildman–Crippen LogP) is 3.18. The Morgan fingerprint density at radius 1 is 1.18 bits per heavy atom. The van der Waals surface area contributed by atoms with Crippen molar-refractivity contribution >= 4 is 10.9 Å². The van der Waals surface area contributed by atoms with Gasteiger partial charge in [-0.3, -0.25) is 4.98 Å². The van der Waals surface area contributed by atoms with Gasteiger partial charge in [0.15, 0.2) is 0 Å². The van der Waals surface area contributed by atoms with E-state index in [1.807, 2.05) is 25.1 Å². The Bertz CT molecular complexity index is 493. The van der Waals surface area contributed by atoms with Gasteiger partial charge in [-0.25, -0.2) is 0 Å². The lowest BCUT2D eigenvalue weighted by Crippen LogP contribution is -2.18. The summed E-state index contributed by atoms with van der Waals surface area (Å²) in [4.78, 5) is 4.63. The molecular weight excluding hydrogens is 210 g/mol. The topological polar surface area (TPSA) is 33.1 Å². The average Bonchev–Trinajstić information content (AvgIpc) is 2.35. The number of aliphatic hydroxyl groups is 1. The molecule has 0 aliphatic heterocycles. The molecule has 2 heteroatoms. The van der Waals surface area contributed by atoms with Gasteiger partial charge in [0.2, 0.25) is 0 Å². The molecule has 0 radical (unpaired) electrons. The van der Waals surface area contributed by atoms with Crippen LogP contribution in [0.3, 0.4) is 0 Å². The van der Waals surface area contributed by atoms with Crippen LogP contribution in [0.25, 0.3) is 10.9 Å². The van der Waals surface area contributed by atoms with Crippen LogP contribution in [-0.2, 0) is 6.42 Å². The van der Waals surface area contributed by atoms with Crippen LogP contribution in [0.2, 0.25) is 0 Å². The maximum atomic E-state index is 9.66. The fourth-order valence-corrected chi connectivity index (χ4v) is 2.15. The van der Waals surface area contributed by atoms with Gasteiger partial charge in [-0.2, -0.15) is 0 Å². The summed E-state index contributed by atoms with van der Waals surface area (Å²) in [6, 6.07) is 12.3. The number of para-hydroxylation sites is 1. The van der Waals surface area contributed by atoms with E-state index in [-0.39, 0.29) is 6.10 Å². The second-order valence-electron chi connectivity index (χ2n) is 4.61. The van der Waals surface area contributed by atoms with E-state index in [4.69, 9.17) is 0 Å². The Hall–Kier alpha value is -1.41. The first-order valence-electron chi connectivity index (χ1n) is 6.23. The van der Waals surface area contributed by atoms with Crippen LogP contribution in [0.1, 0.15) is 26.0 Å². The van der Waals surface area contributed by atoms with Crippen molar-refractivity contribution in [3.8, 4) is 0 Å². The Labute approximate surface area is 102 Å². The first-order valence-corrected chi connectivity index (χ1v) is 6.23. The molecule has 0 spiro atoms. The summed E-state index contributed by atoms with van der Waals surface area (Å²) in [5.74, 6) is 0.295. The van der Waals surface area contributed by atoms with Gasteiger partial charge in [0, 0.05) is 11.1 Å². The first kappa shape index (κ1) is 12.1. The van der Waals surface area contributed by atoms with Crippen LogP contribution in [-0.4, -0.2) is 16.2 Å². The molecule has 17 heavy (non-hydrogen) atoms. The summed E-state index contributed by atoms with van der Waals surface area (Å²) >= 11 is 0. The highest BCUT2D eigenvalue weighted by molar-refractivity contribution is 5.78. The lowest BCUT2D eigenvalue weighted by Gasteiger charge is -2.17. The van der Waals surface area contributed by atoms with Crippen LogP contribution in [0.4, 0.5) is 0 Å². The fraction of sp³-hybridized carbons (Fsp3) is 0.400. The molecule has 2 atom stereocenters. The molecule has 90 valence electrons. The quantitative estimate of drug-likeness (QED) is 0.873. The molecule has 0 bridgehead atoms. The van der Waals surface area contributed by atoms with Crippen molar-refractivity contribution in [1.82, 2.24) is 4.98 Å².